The second kappa shape index (κ2) is 14.2. The number of likely N-dealkylation sites (tertiary alicyclic amines) is 1. The third-order valence-corrected chi connectivity index (χ3v) is 9.09. The number of imidazole rings is 1. The van der Waals surface area contributed by atoms with Gasteiger partial charge in [-0.05, 0) is 93.0 Å². The number of aromatic nitrogens is 3. The Kier molecular flexibility index (Phi) is 9.67. The van der Waals surface area contributed by atoms with Gasteiger partial charge in [0.2, 0.25) is 5.78 Å². The zero-order chi connectivity index (χ0) is 31.2. The molecule has 1 amide bonds. The Morgan fingerprint density at radius 3 is 2.44 bits per heavy atom. The van der Waals surface area contributed by atoms with E-state index in [0.29, 0.717) is 29.5 Å². The number of fused-ring (bicyclic) bond motifs is 1. The van der Waals surface area contributed by atoms with E-state index in [0.717, 1.165) is 61.2 Å². The van der Waals surface area contributed by atoms with Crippen molar-refractivity contribution in [1.29, 1.82) is 0 Å². The summed E-state index contributed by atoms with van der Waals surface area (Å²) in [6.45, 7) is 3.67. The van der Waals surface area contributed by atoms with Gasteiger partial charge >= 0.3 is 0 Å². The van der Waals surface area contributed by atoms with Gasteiger partial charge in [-0.3, -0.25) is 14.6 Å². The van der Waals surface area contributed by atoms with E-state index in [-0.39, 0.29) is 23.5 Å². The minimum Gasteiger partial charge on any atom is -0.341 e. The molecule has 3 heterocycles. The minimum absolute atomic E-state index is 0.0102. The number of halogens is 1. The maximum absolute atomic E-state index is 13.9. The lowest BCUT2D eigenvalue weighted by molar-refractivity contribution is 0.0779. The van der Waals surface area contributed by atoms with E-state index in [9.17, 15) is 9.59 Å². The first-order chi connectivity index (χ1) is 22.0. The Labute approximate surface area is 269 Å². The summed E-state index contributed by atoms with van der Waals surface area (Å²) in [5.41, 5.74) is 4.50. The quantitative estimate of drug-likeness (QED) is 0.149. The van der Waals surface area contributed by atoms with Gasteiger partial charge in [0.15, 0.2) is 5.82 Å². The van der Waals surface area contributed by atoms with E-state index in [1.807, 2.05) is 108 Å². The Hall–Kier alpha value is -4.33. The predicted octanol–water partition coefficient (Wildman–Crippen LogP) is 6.97. The number of carbonyl (C=O) groups excluding carboxylic acids is 2. The van der Waals surface area contributed by atoms with E-state index >= 15 is 0 Å². The molecule has 230 valence electrons. The lowest BCUT2D eigenvalue weighted by Gasteiger charge is -2.33. The SMILES string of the molecule is CN(CC(CCN1CCC(C(=O)c2nc3ccccc3n2Cc2ccccn2)CC1)c1cccc(Cl)c1)C(=O)c1ccccc1. The van der Waals surface area contributed by atoms with Gasteiger partial charge in [-0.25, -0.2) is 4.98 Å². The Morgan fingerprint density at radius 1 is 0.933 bits per heavy atom. The van der Waals surface area contributed by atoms with Crippen molar-refractivity contribution < 1.29 is 9.59 Å². The fourth-order valence-corrected chi connectivity index (χ4v) is 6.55. The normalized spacial score (nSPS) is 14.8. The van der Waals surface area contributed by atoms with Gasteiger partial charge in [0, 0.05) is 42.2 Å². The fourth-order valence-electron chi connectivity index (χ4n) is 6.36. The standard InChI is InChI=1S/C37H38ClN5O2/c1-41(37(45)28-10-3-2-4-11-28)25-30(29-12-9-13-31(38)24-29)19-23-42-21-17-27(18-22-42)35(44)36-40-33-15-5-6-16-34(33)43(36)26-32-14-7-8-20-39-32/h2-16,20,24,27,30H,17-19,21-23,25-26H2,1H3. The highest BCUT2D eigenvalue weighted by Gasteiger charge is 2.30. The Balaban J connectivity index is 1.11. The van der Waals surface area contributed by atoms with Crippen LogP contribution in [-0.2, 0) is 6.54 Å². The number of rotatable bonds is 11. The number of pyridine rings is 1. The number of nitrogens with zero attached hydrogens (tertiary/aromatic N) is 5. The molecule has 0 bridgehead atoms. The molecule has 1 atom stereocenters. The maximum Gasteiger partial charge on any atom is 0.253 e. The number of benzene rings is 3. The number of carbonyl (C=O) groups is 2. The summed E-state index contributed by atoms with van der Waals surface area (Å²) < 4.78 is 2.02. The van der Waals surface area contributed by atoms with Crippen LogP contribution in [0, 0.1) is 5.92 Å². The van der Waals surface area contributed by atoms with Crippen molar-refractivity contribution in [3.8, 4) is 0 Å². The van der Waals surface area contributed by atoms with Gasteiger partial charge in [0.25, 0.3) is 5.91 Å². The van der Waals surface area contributed by atoms with Crippen molar-refractivity contribution in [2.45, 2.75) is 31.7 Å². The van der Waals surface area contributed by atoms with Crippen LogP contribution >= 0.6 is 11.6 Å². The highest BCUT2D eigenvalue weighted by atomic mass is 35.5. The molecule has 6 rings (SSSR count). The average Bonchev–Trinajstić information content (AvgIpc) is 3.45. The highest BCUT2D eigenvalue weighted by Crippen LogP contribution is 2.28. The van der Waals surface area contributed by atoms with E-state index < -0.39 is 0 Å². The van der Waals surface area contributed by atoms with Crippen LogP contribution in [0.5, 0.6) is 0 Å². The zero-order valence-corrected chi connectivity index (χ0v) is 26.3. The number of para-hydroxylation sites is 2. The van der Waals surface area contributed by atoms with Crippen LogP contribution in [0.2, 0.25) is 5.02 Å². The summed E-state index contributed by atoms with van der Waals surface area (Å²) in [4.78, 5) is 40.6. The minimum atomic E-state index is -0.0705. The van der Waals surface area contributed by atoms with Crippen molar-refractivity contribution in [1.82, 2.24) is 24.3 Å². The second-order valence-electron chi connectivity index (χ2n) is 11.9. The Bertz CT molecular complexity index is 1750. The number of hydrogen-bond donors (Lipinski definition) is 0. The predicted molar refractivity (Wildman–Crippen MR) is 179 cm³/mol. The van der Waals surface area contributed by atoms with E-state index in [1.54, 1.807) is 6.20 Å². The molecule has 45 heavy (non-hydrogen) atoms. The molecule has 3 aromatic carbocycles. The van der Waals surface area contributed by atoms with Crippen molar-refractivity contribution in [3.63, 3.8) is 0 Å². The molecule has 1 aliphatic heterocycles. The maximum atomic E-state index is 13.9. The number of piperidine rings is 1. The van der Waals surface area contributed by atoms with Crippen molar-refractivity contribution in [2.75, 3.05) is 33.2 Å². The number of Topliss-reactive ketones (excluding diaryl/α,β-unsaturated/α-hetero) is 1. The molecule has 7 nitrogen and oxygen atoms in total. The molecule has 0 aliphatic carbocycles. The number of likely N-dealkylation sites (N-methyl/N-ethyl adjacent to an activating group) is 1. The molecular weight excluding hydrogens is 582 g/mol. The Morgan fingerprint density at radius 2 is 1.69 bits per heavy atom. The molecule has 1 aliphatic rings. The lowest BCUT2D eigenvalue weighted by Crippen LogP contribution is -2.38. The summed E-state index contributed by atoms with van der Waals surface area (Å²) >= 11 is 6.38. The molecule has 0 radical (unpaired) electrons. The molecule has 0 saturated carbocycles. The molecule has 1 unspecified atom stereocenters. The molecule has 1 saturated heterocycles. The van der Waals surface area contributed by atoms with E-state index in [1.165, 1.54) is 0 Å². The number of hydrogen-bond acceptors (Lipinski definition) is 5. The first kappa shape index (κ1) is 30.7. The first-order valence-electron chi connectivity index (χ1n) is 15.6. The van der Waals surface area contributed by atoms with Crippen molar-refractivity contribution in [3.05, 3.63) is 131 Å². The first-order valence-corrected chi connectivity index (χ1v) is 16.0. The molecule has 2 aromatic heterocycles. The van der Waals surface area contributed by atoms with E-state index in [2.05, 4.69) is 16.0 Å². The monoisotopic (exact) mass is 619 g/mol. The molecule has 5 aromatic rings. The van der Waals surface area contributed by atoms with Crippen LogP contribution in [0.15, 0.2) is 103 Å². The van der Waals surface area contributed by atoms with Gasteiger partial charge < -0.3 is 14.4 Å². The van der Waals surface area contributed by atoms with Crippen LogP contribution in [0.25, 0.3) is 11.0 Å². The zero-order valence-electron chi connectivity index (χ0n) is 25.6. The number of ketones is 1. The highest BCUT2D eigenvalue weighted by molar-refractivity contribution is 6.30. The van der Waals surface area contributed by atoms with Gasteiger partial charge in [-0.1, -0.05) is 60.1 Å². The largest absolute Gasteiger partial charge is 0.341 e. The third kappa shape index (κ3) is 7.32. The molecule has 0 spiro atoms. The van der Waals surface area contributed by atoms with Crippen LogP contribution in [0.1, 0.15) is 57.4 Å². The molecular formula is C37H38ClN5O2. The van der Waals surface area contributed by atoms with Crippen LogP contribution < -0.4 is 0 Å². The van der Waals surface area contributed by atoms with Crippen molar-refractivity contribution >= 4 is 34.3 Å². The third-order valence-electron chi connectivity index (χ3n) is 8.86. The molecule has 0 N–H and O–H groups in total. The summed E-state index contributed by atoms with van der Waals surface area (Å²) in [6.07, 6.45) is 4.24. The fraction of sp³-hybridized carbons (Fsp3) is 0.297. The lowest BCUT2D eigenvalue weighted by atomic mass is 9.90. The van der Waals surface area contributed by atoms with Gasteiger partial charge in [-0.2, -0.15) is 0 Å². The summed E-state index contributed by atoms with van der Waals surface area (Å²) in [6, 6.07) is 31.1. The van der Waals surface area contributed by atoms with Crippen LogP contribution in [0.4, 0.5) is 0 Å². The molecule has 8 heteroatoms. The smallest absolute Gasteiger partial charge is 0.253 e. The average molecular weight is 620 g/mol. The van der Waals surface area contributed by atoms with Gasteiger partial charge in [0.1, 0.15) is 0 Å². The molecule has 1 fully saturated rings. The van der Waals surface area contributed by atoms with Gasteiger partial charge in [-0.15, -0.1) is 0 Å². The number of amides is 1. The summed E-state index contributed by atoms with van der Waals surface area (Å²) in [5.74, 6) is 0.703. The topological polar surface area (TPSA) is 71.3 Å². The summed E-state index contributed by atoms with van der Waals surface area (Å²) in [7, 11) is 1.87. The second-order valence-corrected chi connectivity index (χ2v) is 12.3. The van der Waals surface area contributed by atoms with Crippen LogP contribution in [0.3, 0.4) is 0 Å². The van der Waals surface area contributed by atoms with E-state index in [4.69, 9.17) is 16.6 Å². The van der Waals surface area contributed by atoms with Crippen molar-refractivity contribution in [2.24, 2.45) is 5.92 Å². The summed E-state index contributed by atoms with van der Waals surface area (Å²) in [5, 5.41) is 0.697. The van der Waals surface area contributed by atoms with Crippen LogP contribution in [-0.4, -0.2) is 69.3 Å². The van der Waals surface area contributed by atoms with Gasteiger partial charge in [0.05, 0.1) is 23.3 Å².